The maximum Gasteiger partial charge on any atom is 0.312 e. The Morgan fingerprint density at radius 1 is 1.22 bits per heavy atom. The first-order valence-corrected chi connectivity index (χ1v) is 6.58. The van der Waals surface area contributed by atoms with Gasteiger partial charge in [0.25, 0.3) is 0 Å². The SMILES string of the molecule is CCN1CCN(Cc2cncc(Br)c2)C(=O)C1=O. The summed E-state index contributed by atoms with van der Waals surface area (Å²) in [6, 6.07) is 1.90. The highest BCUT2D eigenvalue weighted by Gasteiger charge is 2.31. The van der Waals surface area contributed by atoms with Gasteiger partial charge in [0.1, 0.15) is 0 Å². The zero-order valence-electron chi connectivity index (χ0n) is 10.1. The number of carbonyl (C=O) groups excluding carboxylic acids is 2. The molecule has 5 nitrogen and oxygen atoms in total. The van der Waals surface area contributed by atoms with Gasteiger partial charge in [0.15, 0.2) is 0 Å². The van der Waals surface area contributed by atoms with Gasteiger partial charge in [-0.2, -0.15) is 0 Å². The molecular weight excluding hydrogens is 298 g/mol. The van der Waals surface area contributed by atoms with E-state index in [0.717, 1.165) is 10.0 Å². The molecule has 0 spiro atoms. The molecule has 2 rings (SSSR count). The number of carbonyl (C=O) groups is 2. The van der Waals surface area contributed by atoms with Crippen molar-refractivity contribution >= 4 is 27.7 Å². The zero-order valence-corrected chi connectivity index (χ0v) is 11.7. The molecule has 0 bridgehead atoms. The fourth-order valence-corrected chi connectivity index (χ4v) is 2.34. The van der Waals surface area contributed by atoms with Crippen LogP contribution in [0, 0.1) is 0 Å². The summed E-state index contributed by atoms with van der Waals surface area (Å²) in [5.74, 6) is -0.838. The summed E-state index contributed by atoms with van der Waals surface area (Å²) in [5.41, 5.74) is 0.912. The van der Waals surface area contributed by atoms with E-state index in [1.54, 1.807) is 22.2 Å². The van der Waals surface area contributed by atoms with Crippen molar-refractivity contribution < 1.29 is 9.59 Å². The summed E-state index contributed by atoms with van der Waals surface area (Å²) >= 11 is 3.33. The number of hydrogen-bond acceptors (Lipinski definition) is 3. The van der Waals surface area contributed by atoms with Crippen LogP contribution in [0.1, 0.15) is 12.5 Å². The van der Waals surface area contributed by atoms with E-state index in [4.69, 9.17) is 0 Å². The van der Waals surface area contributed by atoms with E-state index in [0.29, 0.717) is 26.2 Å². The fourth-order valence-electron chi connectivity index (χ4n) is 1.93. The van der Waals surface area contributed by atoms with Crippen molar-refractivity contribution in [3.63, 3.8) is 0 Å². The minimum absolute atomic E-state index is 0.410. The van der Waals surface area contributed by atoms with E-state index in [1.807, 2.05) is 13.0 Å². The first-order valence-electron chi connectivity index (χ1n) is 5.79. The molecule has 6 heteroatoms. The number of nitrogens with zero attached hydrogens (tertiary/aromatic N) is 3. The molecule has 2 amide bonds. The number of hydrogen-bond donors (Lipinski definition) is 0. The second-order valence-electron chi connectivity index (χ2n) is 4.12. The summed E-state index contributed by atoms with van der Waals surface area (Å²) in [4.78, 5) is 30.8. The van der Waals surface area contributed by atoms with Gasteiger partial charge < -0.3 is 9.80 Å². The van der Waals surface area contributed by atoms with Gasteiger partial charge >= 0.3 is 11.8 Å². The molecule has 1 fully saturated rings. The molecule has 1 aliphatic heterocycles. The quantitative estimate of drug-likeness (QED) is 0.784. The Morgan fingerprint density at radius 3 is 2.56 bits per heavy atom. The monoisotopic (exact) mass is 311 g/mol. The van der Waals surface area contributed by atoms with Crippen LogP contribution in [0.2, 0.25) is 0 Å². The van der Waals surface area contributed by atoms with E-state index in [2.05, 4.69) is 20.9 Å². The molecule has 2 heterocycles. The van der Waals surface area contributed by atoms with Crippen LogP contribution < -0.4 is 0 Å². The topological polar surface area (TPSA) is 53.5 Å². The third-order valence-corrected chi connectivity index (χ3v) is 3.35. The Hall–Kier alpha value is -1.43. The number of piperazine rings is 1. The van der Waals surface area contributed by atoms with Gasteiger partial charge in [-0.05, 0) is 34.5 Å². The second kappa shape index (κ2) is 5.48. The van der Waals surface area contributed by atoms with E-state index < -0.39 is 11.8 Å². The molecule has 0 N–H and O–H groups in total. The van der Waals surface area contributed by atoms with Gasteiger partial charge in [0, 0.05) is 43.0 Å². The van der Waals surface area contributed by atoms with E-state index >= 15 is 0 Å². The van der Waals surface area contributed by atoms with Crippen LogP contribution in [0.3, 0.4) is 0 Å². The van der Waals surface area contributed by atoms with Crippen LogP contribution in [0.5, 0.6) is 0 Å². The maximum atomic E-state index is 11.9. The highest BCUT2D eigenvalue weighted by molar-refractivity contribution is 9.10. The molecule has 1 aliphatic rings. The van der Waals surface area contributed by atoms with Crippen molar-refractivity contribution in [1.29, 1.82) is 0 Å². The Kier molecular flexibility index (Phi) is 3.96. The molecule has 18 heavy (non-hydrogen) atoms. The molecule has 0 saturated carbocycles. The summed E-state index contributed by atoms with van der Waals surface area (Å²) in [5, 5.41) is 0. The lowest BCUT2D eigenvalue weighted by atomic mass is 10.2. The second-order valence-corrected chi connectivity index (χ2v) is 5.04. The van der Waals surface area contributed by atoms with Gasteiger partial charge in [0.2, 0.25) is 0 Å². The van der Waals surface area contributed by atoms with Gasteiger partial charge in [-0.15, -0.1) is 0 Å². The number of aromatic nitrogens is 1. The van der Waals surface area contributed by atoms with E-state index in [9.17, 15) is 9.59 Å². The van der Waals surface area contributed by atoms with Gasteiger partial charge in [-0.3, -0.25) is 14.6 Å². The van der Waals surface area contributed by atoms with Crippen molar-refractivity contribution in [1.82, 2.24) is 14.8 Å². The van der Waals surface area contributed by atoms with Crippen LogP contribution >= 0.6 is 15.9 Å². The minimum atomic E-state index is -0.428. The normalized spacial score (nSPS) is 16.3. The van der Waals surface area contributed by atoms with Crippen LogP contribution in [-0.4, -0.2) is 46.2 Å². The molecule has 0 aliphatic carbocycles. The van der Waals surface area contributed by atoms with Crippen molar-refractivity contribution in [2.24, 2.45) is 0 Å². The average molecular weight is 312 g/mol. The third-order valence-electron chi connectivity index (χ3n) is 2.91. The predicted molar refractivity (Wildman–Crippen MR) is 69.6 cm³/mol. The standard InChI is InChI=1S/C12H14BrN3O2/c1-2-15-3-4-16(12(18)11(15)17)8-9-5-10(13)7-14-6-9/h5-7H,2-4,8H2,1H3. The van der Waals surface area contributed by atoms with E-state index in [1.165, 1.54) is 0 Å². The summed E-state index contributed by atoms with van der Waals surface area (Å²) < 4.78 is 0.867. The smallest absolute Gasteiger partial charge is 0.312 e. The highest BCUT2D eigenvalue weighted by atomic mass is 79.9. The van der Waals surface area contributed by atoms with Crippen LogP contribution in [-0.2, 0) is 16.1 Å². The molecule has 0 unspecified atom stereocenters. The Morgan fingerprint density at radius 2 is 1.89 bits per heavy atom. The summed E-state index contributed by atoms with van der Waals surface area (Å²) in [6.45, 7) is 4.05. The van der Waals surface area contributed by atoms with E-state index in [-0.39, 0.29) is 0 Å². The predicted octanol–water partition coefficient (Wildman–Crippen LogP) is 1.03. The van der Waals surface area contributed by atoms with Crippen LogP contribution in [0.4, 0.5) is 0 Å². The first-order chi connectivity index (χ1) is 8.61. The molecule has 1 aromatic rings. The Balaban J connectivity index is 2.07. The number of amides is 2. The van der Waals surface area contributed by atoms with Gasteiger partial charge in [-0.25, -0.2) is 0 Å². The van der Waals surface area contributed by atoms with Crippen molar-refractivity contribution in [2.45, 2.75) is 13.5 Å². The maximum absolute atomic E-state index is 11.9. The molecule has 0 atom stereocenters. The largest absolute Gasteiger partial charge is 0.333 e. The van der Waals surface area contributed by atoms with Gasteiger partial charge in [0.05, 0.1) is 0 Å². The molecule has 1 saturated heterocycles. The van der Waals surface area contributed by atoms with Gasteiger partial charge in [-0.1, -0.05) is 0 Å². The number of likely N-dealkylation sites (N-methyl/N-ethyl adjacent to an activating group) is 1. The zero-order chi connectivity index (χ0) is 13.1. The van der Waals surface area contributed by atoms with Crippen molar-refractivity contribution in [3.8, 4) is 0 Å². The summed E-state index contributed by atoms with van der Waals surface area (Å²) in [7, 11) is 0. The number of rotatable bonds is 3. The Bertz CT molecular complexity index is 478. The van der Waals surface area contributed by atoms with Crippen molar-refractivity contribution in [3.05, 3.63) is 28.5 Å². The highest BCUT2D eigenvalue weighted by Crippen LogP contribution is 2.13. The first kappa shape index (κ1) is 13.0. The van der Waals surface area contributed by atoms with Crippen LogP contribution in [0.15, 0.2) is 22.9 Å². The minimum Gasteiger partial charge on any atom is -0.333 e. The lowest BCUT2D eigenvalue weighted by Gasteiger charge is -2.33. The lowest BCUT2D eigenvalue weighted by Crippen LogP contribution is -2.53. The Labute approximate surface area is 114 Å². The average Bonchev–Trinajstić information content (AvgIpc) is 2.35. The molecule has 0 aromatic carbocycles. The lowest BCUT2D eigenvalue weighted by molar-refractivity contribution is -0.156. The summed E-state index contributed by atoms with van der Waals surface area (Å²) in [6.07, 6.45) is 3.39. The number of halogens is 1. The van der Waals surface area contributed by atoms with Crippen molar-refractivity contribution in [2.75, 3.05) is 19.6 Å². The molecule has 1 aromatic heterocycles. The molecular formula is C12H14BrN3O2. The number of pyridine rings is 1. The van der Waals surface area contributed by atoms with Crippen LogP contribution in [0.25, 0.3) is 0 Å². The third kappa shape index (κ3) is 2.69. The fraction of sp³-hybridized carbons (Fsp3) is 0.417. The molecule has 96 valence electrons. The molecule has 0 radical (unpaired) electrons.